The monoisotopic (exact) mass is 252 g/mol. The lowest BCUT2D eigenvalue weighted by atomic mass is 10.1. The molecule has 19 heavy (non-hydrogen) atoms. The molecule has 3 aromatic rings. The summed E-state index contributed by atoms with van der Waals surface area (Å²) >= 11 is 0. The second-order valence-electron chi connectivity index (χ2n) is 4.52. The molecule has 1 N–H and O–H groups in total. The highest BCUT2D eigenvalue weighted by Gasteiger charge is 2.08. The van der Waals surface area contributed by atoms with E-state index in [0.717, 1.165) is 29.0 Å². The van der Waals surface area contributed by atoms with Gasteiger partial charge in [-0.25, -0.2) is 9.97 Å². The zero-order valence-corrected chi connectivity index (χ0v) is 11.1. The number of nitrogens with one attached hydrogen (secondary N) is 1. The van der Waals surface area contributed by atoms with Gasteiger partial charge >= 0.3 is 0 Å². The molecule has 0 amide bonds. The van der Waals surface area contributed by atoms with Gasteiger partial charge < -0.3 is 9.88 Å². The third-order valence-corrected chi connectivity index (χ3v) is 3.31. The molecule has 4 nitrogen and oxygen atoms in total. The lowest BCUT2D eigenvalue weighted by Crippen LogP contribution is -1.99. The smallest absolute Gasteiger partial charge is 0.145 e. The SMILES string of the molecule is CCc1ccccc1Nc1ncnc2c1ccn2C. The number of benzene rings is 1. The first-order chi connectivity index (χ1) is 9.29. The highest BCUT2D eigenvalue weighted by Crippen LogP contribution is 2.25. The number of hydrogen-bond donors (Lipinski definition) is 1. The minimum Gasteiger partial charge on any atom is -0.339 e. The van der Waals surface area contributed by atoms with E-state index >= 15 is 0 Å². The Bertz CT molecular complexity index is 715. The molecule has 4 heteroatoms. The average Bonchev–Trinajstić information content (AvgIpc) is 2.82. The standard InChI is InChI=1S/C15H16N4/c1-3-11-6-4-5-7-13(11)18-14-12-8-9-19(2)15(12)17-10-16-14/h4-10H,3H2,1-2H3,(H,16,17,18). The van der Waals surface area contributed by atoms with E-state index in [-0.39, 0.29) is 0 Å². The third-order valence-electron chi connectivity index (χ3n) is 3.31. The van der Waals surface area contributed by atoms with Crippen LogP contribution in [0.4, 0.5) is 11.5 Å². The van der Waals surface area contributed by atoms with Gasteiger partial charge in [-0.1, -0.05) is 25.1 Å². The van der Waals surface area contributed by atoms with Crippen LogP contribution in [0.25, 0.3) is 11.0 Å². The molecule has 0 aliphatic carbocycles. The minimum atomic E-state index is 0.853. The molecule has 0 bridgehead atoms. The second kappa shape index (κ2) is 4.72. The number of para-hydroxylation sites is 1. The van der Waals surface area contributed by atoms with Gasteiger partial charge in [0.15, 0.2) is 0 Å². The zero-order chi connectivity index (χ0) is 13.2. The summed E-state index contributed by atoms with van der Waals surface area (Å²) in [5.74, 6) is 0.853. The molecule has 0 fully saturated rings. The minimum absolute atomic E-state index is 0.853. The van der Waals surface area contributed by atoms with Gasteiger partial charge in [-0.05, 0) is 24.1 Å². The van der Waals surface area contributed by atoms with Crippen molar-refractivity contribution in [2.24, 2.45) is 7.05 Å². The molecule has 1 aromatic carbocycles. The van der Waals surface area contributed by atoms with Gasteiger partial charge in [0.2, 0.25) is 0 Å². The number of anilines is 2. The fraction of sp³-hybridized carbons (Fsp3) is 0.200. The van der Waals surface area contributed by atoms with Crippen LogP contribution >= 0.6 is 0 Å². The number of aromatic nitrogens is 3. The Kier molecular flexibility index (Phi) is 2.91. The van der Waals surface area contributed by atoms with Gasteiger partial charge in [-0.15, -0.1) is 0 Å². The topological polar surface area (TPSA) is 42.7 Å². The fourth-order valence-electron chi connectivity index (χ4n) is 2.26. The fourth-order valence-corrected chi connectivity index (χ4v) is 2.26. The highest BCUT2D eigenvalue weighted by molar-refractivity contribution is 5.89. The summed E-state index contributed by atoms with van der Waals surface area (Å²) in [6, 6.07) is 10.3. The van der Waals surface area contributed by atoms with E-state index in [0.29, 0.717) is 0 Å². The largest absolute Gasteiger partial charge is 0.339 e. The second-order valence-corrected chi connectivity index (χ2v) is 4.52. The number of fused-ring (bicyclic) bond motifs is 1. The first kappa shape index (κ1) is 11.7. The van der Waals surface area contributed by atoms with Crippen LogP contribution in [0.1, 0.15) is 12.5 Å². The molecule has 0 aliphatic rings. The van der Waals surface area contributed by atoms with Gasteiger partial charge in [0.25, 0.3) is 0 Å². The quantitative estimate of drug-likeness (QED) is 0.778. The number of rotatable bonds is 3. The molecule has 0 saturated carbocycles. The number of hydrogen-bond acceptors (Lipinski definition) is 3. The van der Waals surface area contributed by atoms with Gasteiger partial charge in [-0.3, -0.25) is 0 Å². The van der Waals surface area contributed by atoms with E-state index < -0.39 is 0 Å². The van der Waals surface area contributed by atoms with Crippen LogP contribution in [-0.4, -0.2) is 14.5 Å². The van der Waals surface area contributed by atoms with Crippen molar-refractivity contribution in [2.45, 2.75) is 13.3 Å². The van der Waals surface area contributed by atoms with Crippen molar-refractivity contribution in [1.82, 2.24) is 14.5 Å². The van der Waals surface area contributed by atoms with Gasteiger partial charge in [0, 0.05) is 18.9 Å². The molecule has 3 rings (SSSR count). The molecule has 0 unspecified atom stereocenters. The lowest BCUT2D eigenvalue weighted by molar-refractivity contribution is 0.944. The van der Waals surface area contributed by atoms with Gasteiger partial charge in [-0.2, -0.15) is 0 Å². The molecule has 2 aromatic heterocycles. The van der Waals surface area contributed by atoms with E-state index in [1.807, 2.05) is 29.9 Å². The van der Waals surface area contributed by atoms with E-state index in [9.17, 15) is 0 Å². The van der Waals surface area contributed by atoms with Crippen molar-refractivity contribution in [3.05, 3.63) is 48.4 Å². The molecule has 0 atom stereocenters. The Labute approximate surface area is 112 Å². The summed E-state index contributed by atoms with van der Waals surface area (Å²) < 4.78 is 1.99. The summed E-state index contributed by atoms with van der Waals surface area (Å²) in [5.41, 5.74) is 3.32. The number of aryl methyl sites for hydroxylation is 2. The van der Waals surface area contributed by atoms with Crippen molar-refractivity contribution >= 4 is 22.5 Å². The molecule has 0 spiro atoms. The molecule has 0 radical (unpaired) electrons. The highest BCUT2D eigenvalue weighted by atomic mass is 15.1. The Morgan fingerprint density at radius 3 is 2.84 bits per heavy atom. The number of nitrogens with zero attached hydrogens (tertiary/aromatic N) is 3. The van der Waals surface area contributed by atoms with Crippen molar-refractivity contribution in [3.8, 4) is 0 Å². The molecule has 0 aliphatic heterocycles. The van der Waals surface area contributed by atoms with Crippen LogP contribution in [0.15, 0.2) is 42.9 Å². The predicted octanol–water partition coefficient (Wildman–Crippen LogP) is 3.27. The van der Waals surface area contributed by atoms with E-state index in [1.54, 1.807) is 6.33 Å². The van der Waals surface area contributed by atoms with Crippen molar-refractivity contribution in [2.75, 3.05) is 5.32 Å². The first-order valence-corrected chi connectivity index (χ1v) is 6.40. The molecule has 96 valence electrons. The van der Waals surface area contributed by atoms with Gasteiger partial charge in [0.1, 0.15) is 17.8 Å². The van der Waals surface area contributed by atoms with Crippen molar-refractivity contribution < 1.29 is 0 Å². The molecule has 0 saturated heterocycles. The summed E-state index contributed by atoms with van der Waals surface area (Å²) in [6.07, 6.45) is 4.58. The summed E-state index contributed by atoms with van der Waals surface area (Å²) in [6.45, 7) is 2.15. The van der Waals surface area contributed by atoms with Crippen molar-refractivity contribution in [3.63, 3.8) is 0 Å². The summed E-state index contributed by atoms with van der Waals surface area (Å²) in [7, 11) is 1.99. The van der Waals surface area contributed by atoms with E-state index in [1.165, 1.54) is 5.56 Å². The Hall–Kier alpha value is -2.36. The maximum Gasteiger partial charge on any atom is 0.145 e. The van der Waals surface area contributed by atoms with E-state index in [2.05, 4.69) is 40.4 Å². The van der Waals surface area contributed by atoms with Gasteiger partial charge in [0.05, 0.1) is 5.39 Å². The predicted molar refractivity (Wildman–Crippen MR) is 77.6 cm³/mol. The summed E-state index contributed by atoms with van der Waals surface area (Å²) in [5, 5.41) is 4.45. The summed E-state index contributed by atoms with van der Waals surface area (Å²) in [4.78, 5) is 8.65. The van der Waals surface area contributed by atoms with E-state index in [4.69, 9.17) is 0 Å². The Balaban J connectivity index is 2.06. The molecular weight excluding hydrogens is 236 g/mol. The van der Waals surface area contributed by atoms with Crippen molar-refractivity contribution in [1.29, 1.82) is 0 Å². The van der Waals surface area contributed by atoms with Crippen LogP contribution in [0, 0.1) is 0 Å². The van der Waals surface area contributed by atoms with Crippen LogP contribution < -0.4 is 5.32 Å². The Morgan fingerprint density at radius 2 is 2.00 bits per heavy atom. The first-order valence-electron chi connectivity index (χ1n) is 6.40. The third kappa shape index (κ3) is 2.05. The Morgan fingerprint density at radius 1 is 1.16 bits per heavy atom. The van der Waals surface area contributed by atoms with Crippen LogP contribution in [-0.2, 0) is 13.5 Å². The lowest BCUT2D eigenvalue weighted by Gasteiger charge is -2.10. The van der Waals surface area contributed by atoms with Crippen LogP contribution in [0.3, 0.4) is 0 Å². The zero-order valence-electron chi connectivity index (χ0n) is 11.1. The average molecular weight is 252 g/mol. The molecular formula is C15H16N4. The maximum atomic E-state index is 4.36. The normalized spacial score (nSPS) is 10.8. The van der Waals surface area contributed by atoms with Crippen LogP contribution in [0.2, 0.25) is 0 Å². The van der Waals surface area contributed by atoms with Crippen LogP contribution in [0.5, 0.6) is 0 Å². The molecule has 2 heterocycles. The maximum absolute atomic E-state index is 4.36.